The van der Waals surface area contributed by atoms with Gasteiger partial charge in [0.2, 0.25) is 10.0 Å². The Balaban J connectivity index is 0.000000254. The number of nitrogens with zero attached hydrogens (tertiary/aromatic N) is 2. The van der Waals surface area contributed by atoms with Gasteiger partial charge in [0.15, 0.2) is 0 Å². The Bertz CT molecular complexity index is 2100. The summed E-state index contributed by atoms with van der Waals surface area (Å²) in [6, 6.07) is 8.55. The van der Waals surface area contributed by atoms with Gasteiger partial charge >= 0.3 is 5.97 Å². The molecule has 0 fully saturated rings. The zero-order valence-electron chi connectivity index (χ0n) is 24.8. The van der Waals surface area contributed by atoms with Crippen molar-refractivity contribution in [2.24, 2.45) is 14.1 Å². The Hall–Kier alpha value is -4.35. The molecule has 0 saturated heterocycles. The van der Waals surface area contributed by atoms with Crippen LogP contribution < -0.4 is 26.5 Å². The molecule has 0 aliphatic rings. The largest absolute Gasteiger partial charge is 0.478 e. The minimum absolute atomic E-state index is 0.0328. The summed E-state index contributed by atoms with van der Waals surface area (Å²) in [4.78, 5) is 47.7. The van der Waals surface area contributed by atoms with Crippen LogP contribution in [-0.4, -0.2) is 40.8 Å². The molecule has 17 heteroatoms. The minimum atomic E-state index is -3.81. The molecule has 2 aromatic carbocycles. The van der Waals surface area contributed by atoms with Crippen LogP contribution in [-0.2, 0) is 24.1 Å². The number of carbonyl (C=O) groups is 2. The average Bonchev–Trinajstić information content (AvgIpc) is 2.95. The van der Waals surface area contributed by atoms with Gasteiger partial charge in [0, 0.05) is 46.6 Å². The van der Waals surface area contributed by atoms with Crippen molar-refractivity contribution in [3.63, 3.8) is 0 Å². The molecule has 0 saturated carbocycles. The number of carboxylic acids is 1. The third kappa shape index (κ3) is 8.67. The van der Waals surface area contributed by atoms with Crippen molar-refractivity contribution in [1.29, 1.82) is 0 Å². The molecule has 0 spiro atoms. The third-order valence-corrected chi connectivity index (χ3v) is 7.89. The summed E-state index contributed by atoms with van der Waals surface area (Å²) in [6.45, 7) is 2.95. The van der Waals surface area contributed by atoms with Crippen molar-refractivity contribution in [2.75, 3.05) is 16.9 Å². The quantitative estimate of drug-likeness (QED) is 0.200. The molecule has 0 atom stereocenters. The molecule has 4 N–H and O–H groups in total. The van der Waals surface area contributed by atoms with Gasteiger partial charge in [0.05, 0.1) is 40.1 Å². The number of aromatic nitrogens is 2. The fourth-order valence-corrected chi connectivity index (χ4v) is 5.22. The molecule has 0 unspecified atom stereocenters. The number of hydrogen-bond acceptors (Lipinski definition) is 8. The van der Waals surface area contributed by atoms with Gasteiger partial charge in [0.1, 0.15) is 11.6 Å². The van der Waals surface area contributed by atoms with Crippen molar-refractivity contribution >= 4 is 76.5 Å². The van der Waals surface area contributed by atoms with Gasteiger partial charge in [-0.25, -0.2) is 26.7 Å². The van der Waals surface area contributed by atoms with E-state index in [0.29, 0.717) is 8.95 Å². The second kappa shape index (κ2) is 14.4. The molecular weight excluding hydrogens is 760 g/mol. The van der Waals surface area contributed by atoms with E-state index in [1.165, 1.54) is 69.2 Å². The summed E-state index contributed by atoms with van der Waals surface area (Å²) in [5.74, 6) is -3.29. The van der Waals surface area contributed by atoms with Crippen molar-refractivity contribution in [2.45, 2.75) is 13.8 Å². The molecule has 4 rings (SSSR count). The number of carbonyl (C=O) groups excluding carboxylic acids is 1. The van der Waals surface area contributed by atoms with E-state index < -0.39 is 39.1 Å². The highest BCUT2D eigenvalue weighted by atomic mass is 79.9. The molecular formula is C29H27Br2F2N5O7S. The second-order valence-corrected chi connectivity index (χ2v) is 13.5. The molecule has 0 aliphatic carbocycles. The number of anilines is 4. The lowest BCUT2D eigenvalue weighted by molar-refractivity contribution is 0.0696. The van der Waals surface area contributed by atoms with E-state index in [9.17, 15) is 41.5 Å². The smallest absolute Gasteiger partial charge is 0.339 e. The SMILES string of the molecule is Cc1c(Nc2ccc(Br)cc2F)c(C(=O)NS(C)(=O)=O)cn(C)c1=O.Cc1c(Nc2ccc(Br)cc2F)c(C(=O)O)cn(C)c1=O. The Morgan fingerprint density at radius 2 is 1.17 bits per heavy atom. The summed E-state index contributed by atoms with van der Waals surface area (Å²) in [5.41, 5.74) is -0.354. The Morgan fingerprint density at radius 3 is 1.54 bits per heavy atom. The highest BCUT2D eigenvalue weighted by molar-refractivity contribution is 9.10. The molecule has 244 valence electrons. The molecule has 0 aliphatic heterocycles. The summed E-state index contributed by atoms with van der Waals surface area (Å²) in [7, 11) is -0.915. The van der Waals surface area contributed by atoms with Crippen molar-refractivity contribution in [3.8, 4) is 0 Å². The van der Waals surface area contributed by atoms with E-state index in [1.54, 1.807) is 12.1 Å². The lowest BCUT2D eigenvalue weighted by Gasteiger charge is -2.16. The molecule has 46 heavy (non-hydrogen) atoms. The van der Waals surface area contributed by atoms with E-state index in [-0.39, 0.29) is 50.6 Å². The predicted octanol–water partition coefficient (Wildman–Crippen LogP) is 5.07. The first-order valence-corrected chi connectivity index (χ1v) is 16.4. The van der Waals surface area contributed by atoms with Crippen LogP contribution in [0.4, 0.5) is 31.5 Å². The number of pyridine rings is 2. The minimum Gasteiger partial charge on any atom is -0.478 e. The fraction of sp³-hybridized carbons (Fsp3) is 0.172. The standard InChI is InChI=1S/C15H15BrFN3O4S.C14H12BrFN2O3/c1-8-13(18-12-5-4-9(16)6-11(12)17)10(7-20(2)15(8)22)14(21)19-25(3,23)24;1-7-12(9(14(20)21)6-18(2)13(7)19)17-11-4-3-8(15)5-10(11)16/h4-7,18H,1-3H3,(H,19,21);3-6,17H,1-2H3,(H,20,21). The molecule has 2 heterocycles. The lowest BCUT2D eigenvalue weighted by Crippen LogP contribution is -2.32. The zero-order valence-corrected chi connectivity index (χ0v) is 28.8. The highest BCUT2D eigenvalue weighted by Gasteiger charge is 2.21. The number of halogens is 4. The van der Waals surface area contributed by atoms with Crippen LogP contribution in [0, 0.1) is 25.5 Å². The van der Waals surface area contributed by atoms with Gasteiger partial charge in [-0.3, -0.25) is 14.4 Å². The maximum atomic E-state index is 14.1. The molecule has 0 radical (unpaired) electrons. The average molecular weight is 787 g/mol. The van der Waals surface area contributed by atoms with E-state index in [0.717, 1.165) is 10.8 Å². The molecule has 1 amide bonds. The first kappa shape index (κ1) is 36.1. The van der Waals surface area contributed by atoms with Crippen LogP contribution in [0.25, 0.3) is 0 Å². The van der Waals surface area contributed by atoms with Crippen LogP contribution in [0.5, 0.6) is 0 Å². The van der Waals surface area contributed by atoms with Gasteiger partial charge in [-0.2, -0.15) is 0 Å². The van der Waals surface area contributed by atoms with Crippen molar-refractivity contribution in [3.05, 3.63) is 112 Å². The van der Waals surface area contributed by atoms with E-state index >= 15 is 0 Å². The number of amides is 1. The van der Waals surface area contributed by atoms with Gasteiger partial charge in [-0.05, 0) is 50.2 Å². The number of sulfonamides is 1. The van der Waals surface area contributed by atoms with Crippen molar-refractivity contribution in [1.82, 2.24) is 13.9 Å². The Morgan fingerprint density at radius 1 is 0.783 bits per heavy atom. The molecule has 12 nitrogen and oxygen atoms in total. The summed E-state index contributed by atoms with van der Waals surface area (Å²) < 4.78 is 55.8. The van der Waals surface area contributed by atoms with Crippen molar-refractivity contribution < 1.29 is 31.9 Å². The second-order valence-electron chi connectivity index (χ2n) is 9.92. The number of carboxylic acid groups (broad SMARTS) is 1. The molecule has 2 aromatic heterocycles. The topological polar surface area (TPSA) is 169 Å². The maximum Gasteiger partial charge on any atom is 0.339 e. The lowest BCUT2D eigenvalue weighted by atomic mass is 10.1. The normalized spacial score (nSPS) is 10.9. The molecule has 0 bridgehead atoms. The van der Waals surface area contributed by atoms with Gasteiger partial charge < -0.3 is 24.9 Å². The highest BCUT2D eigenvalue weighted by Crippen LogP contribution is 2.28. The maximum absolute atomic E-state index is 14.1. The first-order valence-electron chi connectivity index (χ1n) is 12.9. The van der Waals surface area contributed by atoms with Gasteiger partial charge in [-0.1, -0.05) is 31.9 Å². The first-order chi connectivity index (χ1) is 21.3. The summed E-state index contributed by atoms with van der Waals surface area (Å²) in [5, 5.41) is 14.6. The molecule has 4 aromatic rings. The summed E-state index contributed by atoms with van der Waals surface area (Å²) >= 11 is 6.28. The monoisotopic (exact) mass is 785 g/mol. The van der Waals surface area contributed by atoms with Crippen LogP contribution >= 0.6 is 31.9 Å². The Labute approximate surface area is 278 Å². The van der Waals surface area contributed by atoms with E-state index in [4.69, 9.17) is 0 Å². The number of hydrogen-bond donors (Lipinski definition) is 4. The zero-order chi connectivity index (χ0) is 34.7. The van der Waals surface area contributed by atoms with Gasteiger partial charge in [0.25, 0.3) is 17.0 Å². The predicted molar refractivity (Wildman–Crippen MR) is 177 cm³/mol. The van der Waals surface area contributed by atoms with E-state index in [2.05, 4.69) is 42.5 Å². The van der Waals surface area contributed by atoms with Crippen LogP contribution in [0.15, 0.2) is 67.3 Å². The number of aryl methyl sites for hydroxylation is 2. The fourth-order valence-electron chi connectivity index (χ4n) is 4.11. The van der Waals surface area contributed by atoms with Crippen LogP contribution in [0.3, 0.4) is 0 Å². The number of aromatic carboxylic acids is 1. The van der Waals surface area contributed by atoms with Gasteiger partial charge in [-0.15, -0.1) is 0 Å². The third-order valence-electron chi connectivity index (χ3n) is 6.35. The number of nitrogens with one attached hydrogen (secondary N) is 3. The number of rotatable bonds is 7. The van der Waals surface area contributed by atoms with Crippen LogP contribution in [0.2, 0.25) is 0 Å². The summed E-state index contributed by atoms with van der Waals surface area (Å²) in [6.07, 6.45) is 3.23. The van der Waals surface area contributed by atoms with Crippen LogP contribution in [0.1, 0.15) is 31.8 Å². The van der Waals surface area contributed by atoms with E-state index in [1.807, 2.05) is 4.72 Å². The number of benzene rings is 2. The Kier molecular flexibility index (Phi) is 11.3.